The van der Waals surface area contributed by atoms with Crippen molar-refractivity contribution in [3.63, 3.8) is 0 Å². The molecule has 2 amide bonds. The van der Waals surface area contributed by atoms with E-state index in [9.17, 15) is 9.59 Å². The Bertz CT molecular complexity index is 1190. The fourth-order valence-electron chi connectivity index (χ4n) is 4.11. The number of pyridine rings is 1. The van der Waals surface area contributed by atoms with E-state index in [0.29, 0.717) is 29.5 Å². The van der Waals surface area contributed by atoms with E-state index < -0.39 is 6.04 Å². The fraction of sp³-hybridized carbons (Fsp3) is 0.292. The predicted octanol–water partition coefficient (Wildman–Crippen LogP) is 4.58. The molecule has 1 fully saturated rings. The molecular formula is C24H25ClN4O2S. The number of piperazine rings is 1. The van der Waals surface area contributed by atoms with Crippen LogP contribution in [0.2, 0.25) is 4.34 Å². The molecule has 4 rings (SSSR count). The molecule has 0 radical (unpaired) electrons. The summed E-state index contributed by atoms with van der Waals surface area (Å²) in [6.45, 7) is 4.86. The van der Waals surface area contributed by atoms with Crippen LogP contribution < -0.4 is 5.73 Å². The van der Waals surface area contributed by atoms with Gasteiger partial charge in [-0.15, -0.1) is 11.3 Å². The summed E-state index contributed by atoms with van der Waals surface area (Å²) in [4.78, 5) is 34.2. The molecule has 166 valence electrons. The van der Waals surface area contributed by atoms with Gasteiger partial charge < -0.3 is 15.5 Å². The lowest BCUT2D eigenvalue weighted by Crippen LogP contribution is -2.61. The number of hydrogen-bond donors (Lipinski definition) is 1. The highest BCUT2D eigenvalue weighted by atomic mass is 35.5. The Morgan fingerprint density at radius 2 is 2.16 bits per heavy atom. The molecule has 1 saturated heterocycles. The van der Waals surface area contributed by atoms with Gasteiger partial charge in [0.05, 0.1) is 9.85 Å². The third kappa shape index (κ3) is 4.49. The second kappa shape index (κ2) is 9.30. The van der Waals surface area contributed by atoms with Gasteiger partial charge in [-0.25, -0.2) is 0 Å². The van der Waals surface area contributed by atoms with Crippen LogP contribution in [0.4, 0.5) is 5.69 Å². The monoisotopic (exact) mass is 468 g/mol. The molecule has 32 heavy (non-hydrogen) atoms. The van der Waals surface area contributed by atoms with Gasteiger partial charge in [0.1, 0.15) is 6.04 Å². The first-order valence-electron chi connectivity index (χ1n) is 10.5. The van der Waals surface area contributed by atoms with Crippen LogP contribution in [0.5, 0.6) is 0 Å². The predicted molar refractivity (Wildman–Crippen MR) is 130 cm³/mol. The van der Waals surface area contributed by atoms with Gasteiger partial charge in [-0.1, -0.05) is 30.7 Å². The van der Waals surface area contributed by atoms with Gasteiger partial charge in [0.15, 0.2) is 0 Å². The van der Waals surface area contributed by atoms with Crippen LogP contribution in [0.15, 0.2) is 48.0 Å². The molecule has 6 nitrogen and oxygen atoms in total. The number of carbonyl (C=O) groups is 2. The minimum absolute atomic E-state index is 0.0350. The number of fused-ring (bicyclic) bond motifs is 1. The summed E-state index contributed by atoms with van der Waals surface area (Å²) in [6, 6.07) is 8.89. The highest BCUT2D eigenvalue weighted by Gasteiger charge is 2.39. The van der Waals surface area contributed by atoms with Crippen LogP contribution in [0.25, 0.3) is 17.0 Å². The first-order valence-corrected chi connectivity index (χ1v) is 11.8. The molecule has 2 atom stereocenters. The number of nitrogens with two attached hydrogens (primary N) is 1. The van der Waals surface area contributed by atoms with Crippen molar-refractivity contribution in [2.24, 2.45) is 0 Å². The molecule has 8 heteroatoms. The van der Waals surface area contributed by atoms with Gasteiger partial charge in [-0.3, -0.25) is 14.6 Å². The first kappa shape index (κ1) is 22.3. The maximum absolute atomic E-state index is 13.3. The van der Waals surface area contributed by atoms with E-state index in [1.165, 1.54) is 17.4 Å². The van der Waals surface area contributed by atoms with Crippen molar-refractivity contribution in [3.05, 3.63) is 63.4 Å². The van der Waals surface area contributed by atoms with Crippen LogP contribution in [0.3, 0.4) is 0 Å². The van der Waals surface area contributed by atoms with Crippen LogP contribution >= 0.6 is 22.9 Å². The minimum Gasteiger partial charge on any atom is -0.398 e. The van der Waals surface area contributed by atoms with Crippen LogP contribution in [0.1, 0.15) is 31.4 Å². The summed E-state index contributed by atoms with van der Waals surface area (Å²) < 4.78 is 0.674. The average Bonchev–Trinajstić information content (AvgIpc) is 3.20. The Morgan fingerprint density at radius 3 is 2.88 bits per heavy atom. The Kier molecular flexibility index (Phi) is 6.48. The first-order chi connectivity index (χ1) is 15.4. The van der Waals surface area contributed by atoms with Crippen molar-refractivity contribution in [1.29, 1.82) is 0 Å². The van der Waals surface area contributed by atoms with E-state index in [-0.39, 0.29) is 17.9 Å². The molecule has 1 aromatic carbocycles. The highest BCUT2D eigenvalue weighted by Crippen LogP contribution is 2.25. The molecule has 0 spiro atoms. The van der Waals surface area contributed by atoms with Crippen molar-refractivity contribution in [3.8, 4) is 0 Å². The maximum atomic E-state index is 13.3. The fourth-order valence-corrected chi connectivity index (χ4v) is 4.97. The van der Waals surface area contributed by atoms with Gasteiger partial charge in [0.25, 0.3) is 0 Å². The van der Waals surface area contributed by atoms with E-state index in [1.807, 2.05) is 48.4 Å². The standard InChI is InChI=1S/C24H25ClN4O2S/c1-3-21-24(31)28(13-16-4-6-18-19(26)8-9-27-20(18)10-16)15(2)12-29(21)23(30)7-5-17-11-22(25)32-14-17/h4-11,14-15,21H,3,12-13H2,1-2H3,(H2,26,27)/t15?,21-/m0/s1. The van der Waals surface area contributed by atoms with Gasteiger partial charge in [0, 0.05) is 42.5 Å². The van der Waals surface area contributed by atoms with Crippen molar-refractivity contribution >= 4 is 57.4 Å². The van der Waals surface area contributed by atoms with E-state index in [0.717, 1.165) is 22.0 Å². The van der Waals surface area contributed by atoms with Crippen LogP contribution in [0, 0.1) is 0 Å². The summed E-state index contributed by atoms with van der Waals surface area (Å²) in [7, 11) is 0. The lowest BCUT2D eigenvalue weighted by molar-refractivity contribution is -0.153. The maximum Gasteiger partial charge on any atom is 0.247 e. The van der Waals surface area contributed by atoms with E-state index in [4.69, 9.17) is 17.3 Å². The third-order valence-corrected chi connectivity index (χ3v) is 6.92. The zero-order valence-electron chi connectivity index (χ0n) is 18.0. The Labute approximate surface area is 196 Å². The summed E-state index contributed by atoms with van der Waals surface area (Å²) in [5.41, 5.74) is 9.38. The molecule has 1 aliphatic heterocycles. The van der Waals surface area contributed by atoms with Crippen molar-refractivity contribution in [2.75, 3.05) is 12.3 Å². The molecule has 1 unspecified atom stereocenters. The number of amides is 2. The van der Waals surface area contributed by atoms with Crippen LogP contribution in [-0.4, -0.2) is 45.2 Å². The Balaban J connectivity index is 1.51. The quantitative estimate of drug-likeness (QED) is 0.555. The normalized spacial score (nSPS) is 19.3. The SMILES string of the molecule is CC[C@H]1C(=O)N(Cc2ccc3c(N)ccnc3c2)C(C)CN1C(=O)C=Cc1csc(Cl)c1. The van der Waals surface area contributed by atoms with Crippen LogP contribution in [-0.2, 0) is 16.1 Å². The highest BCUT2D eigenvalue weighted by molar-refractivity contribution is 7.14. The molecule has 3 heterocycles. The largest absolute Gasteiger partial charge is 0.398 e. The number of anilines is 1. The van der Waals surface area contributed by atoms with E-state index >= 15 is 0 Å². The number of thiophene rings is 1. The number of hydrogen-bond acceptors (Lipinski definition) is 5. The number of benzene rings is 1. The summed E-state index contributed by atoms with van der Waals surface area (Å²) in [6.07, 6.45) is 5.51. The topological polar surface area (TPSA) is 79.5 Å². The zero-order chi connectivity index (χ0) is 22.8. The number of rotatable bonds is 5. The third-order valence-electron chi connectivity index (χ3n) is 5.81. The smallest absolute Gasteiger partial charge is 0.247 e. The lowest BCUT2D eigenvalue weighted by atomic mass is 10.0. The molecule has 0 bridgehead atoms. The van der Waals surface area contributed by atoms with Crippen molar-refractivity contribution in [2.45, 2.75) is 38.9 Å². The van der Waals surface area contributed by atoms with Gasteiger partial charge in [-0.05, 0) is 54.1 Å². The molecular weight excluding hydrogens is 444 g/mol. The van der Waals surface area contributed by atoms with Gasteiger partial charge >= 0.3 is 0 Å². The molecule has 1 aliphatic rings. The minimum atomic E-state index is -0.483. The molecule has 0 aliphatic carbocycles. The van der Waals surface area contributed by atoms with Crippen molar-refractivity contribution < 1.29 is 9.59 Å². The number of nitrogen functional groups attached to an aromatic ring is 1. The molecule has 2 aromatic heterocycles. The zero-order valence-corrected chi connectivity index (χ0v) is 19.6. The number of aromatic nitrogens is 1. The average molecular weight is 469 g/mol. The summed E-state index contributed by atoms with van der Waals surface area (Å²) in [5, 5.41) is 2.79. The summed E-state index contributed by atoms with van der Waals surface area (Å²) >= 11 is 7.38. The molecule has 3 aromatic rings. The van der Waals surface area contributed by atoms with Gasteiger partial charge in [-0.2, -0.15) is 0 Å². The summed E-state index contributed by atoms with van der Waals surface area (Å²) in [5.74, 6) is -0.198. The van der Waals surface area contributed by atoms with Crippen molar-refractivity contribution in [1.82, 2.24) is 14.8 Å². The number of nitrogens with zero attached hydrogens (tertiary/aromatic N) is 3. The second-order valence-corrected chi connectivity index (χ2v) is 9.54. The molecule has 2 N–H and O–H groups in total. The Morgan fingerprint density at radius 1 is 1.34 bits per heavy atom. The lowest BCUT2D eigenvalue weighted by Gasteiger charge is -2.44. The van der Waals surface area contributed by atoms with E-state index in [2.05, 4.69) is 4.98 Å². The Hall–Kier alpha value is -2.90. The second-order valence-electron chi connectivity index (χ2n) is 8.00. The van der Waals surface area contributed by atoms with Gasteiger partial charge in [0.2, 0.25) is 11.8 Å². The van der Waals surface area contributed by atoms with E-state index in [1.54, 1.807) is 23.2 Å². The number of halogens is 1. The number of carbonyl (C=O) groups excluding carboxylic acids is 2. The molecule has 0 saturated carbocycles.